The van der Waals surface area contributed by atoms with E-state index < -0.39 is 11.4 Å². The van der Waals surface area contributed by atoms with E-state index >= 15 is 0 Å². The fraction of sp³-hybridized carbons (Fsp3) is 0.500. The van der Waals surface area contributed by atoms with Gasteiger partial charge in [-0.25, -0.2) is 4.39 Å². The van der Waals surface area contributed by atoms with Crippen molar-refractivity contribution in [3.8, 4) is 0 Å². The Morgan fingerprint density at radius 2 is 2.25 bits per heavy atom. The molecule has 16 heavy (non-hydrogen) atoms. The van der Waals surface area contributed by atoms with Crippen molar-refractivity contribution in [1.82, 2.24) is 0 Å². The van der Waals surface area contributed by atoms with Gasteiger partial charge in [0.25, 0.3) is 0 Å². The Bertz CT molecular complexity index is 424. The Labute approximate surface area is 108 Å². The summed E-state index contributed by atoms with van der Waals surface area (Å²) >= 11 is 9.01. The molecule has 1 nitrogen and oxygen atoms in total. The van der Waals surface area contributed by atoms with Gasteiger partial charge in [-0.15, -0.1) is 0 Å². The molecule has 0 amide bonds. The predicted octanol–water partition coefficient (Wildman–Crippen LogP) is 4.25. The number of benzene rings is 1. The average Bonchev–Trinajstić information content (AvgIpc) is 2.57. The van der Waals surface area contributed by atoms with E-state index in [1.165, 1.54) is 0 Å². The molecule has 0 radical (unpaired) electrons. The van der Waals surface area contributed by atoms with Crippen LogP contribution in [0.15, 0.2) is 16.6 Å². The maximum Gasteiger partial charge on any atom is 0.149 e. The molecule has 1 aromatic rings. The molecule has 1 N–H and O–H groups in total. The van der Waals surface area contributed by atoms with Crippen molar-refractivity contribution in [2.75, 3.05) is 0 Å². The lowest BCUT2D eigenvalue weighted by Crippen LogP contribution is -2.29. The van der Waals surface area contributed by atoms with Crippen LogP contribution >= 0.6 is 27.5 Å². The van der Waals surface area contributed by atoms with E-state index in [9.17, 15) is 9.50 Å². The molecule has 1 saturated carbocycles. The summed E-state index contributed by atoms with van der Waals surface area (Å²) in [5.41, 5.74) is -0.736. The SMILES string of the molecule is CC1CCCC1(O)c1ccc(Br)c(Cl)c1F. The molecule has 0 heterocycles. The van der Waals surface area contributed by atoms with Crippen molar-refractivity contribution in [2.24, 2.45) is 5.92 Å². The summed E-state index contributed by atoms with van der Waals surface area (Å²) in [4.78, 5) is 0. The van der Waals surface area contributed by atoms with Crippen LogP contribution < -0.4 is 0 Å². The monoisotopic (exact) mass is 306 g/mol. The molecule has 88 valence electrons. The number of hydrogen-bond donors (Lipinski definition) is 1. The van der Waals surface area contributed by atoms with Crippen LogP contribution in [0.25, 0.3) is 0 Å². The van der Waals surface area contributed by atoms with Crippen LogP contribution in [0.3, 0.4) is 0 Å². The molecule has 1 fully saturated rings. The van der Waals surface area contributed by atoms with Gasteiger partial charge in [-0.1, -0.05) is 24.6 Å². The highest BCUT2D eigenvalue weighted by Gasteiger charge is 2.42. The van der Waals surface area contributed by atoms with Crippen LogP contribution in [0, 0.1) is 11.7 Å². The topological polar surface area (TPSA) is 20.2 Å². The third kappa shape index (κ3) is 1.79. The van der Waals surface area contributed by atoms with Crippen molar-refractivity contribution in [1.29, 1.82) is 0 Å². The minimum Gasteiger partial charge on any atom is -0.385 e. The van der Waals surface area contributed by atoms with Gasteiger partial charge in [0.2, 0.25) is 0 Å². The highest BCUT2D eigenvalue weighted by molar-refractivity contribution is 9.10. The normalized spacial score (nSPS) is 29.7. The van der Waals surface area contributed by atoms with Crippen molar-refractivity contribution in [3.63, 3.8) is 0 Å². The molecule has 2 atom stereocenters. The lowest BCUT2D eigenvalue weighted by Gasteiger charge is -2.29. The third-order valence-electron chi connectivity index (χ3n) is 3.51. The molecule has 1 aliphatic carbocycles. The van der Waals surface area contributed by atoms with Gasteiger partial charge >= 0.3 is 0 Å². The first kappa shape index (κ1) is 12.3. The second-order valence-electron chi connectivity index (χ2n) is 4.44. The molecule has 0 aromatic heterocycles. The van der Waals surface area contributed by atoms with E-state index in [2.05, 4.69) is 15.9 Å². The second kappa shape index (κ2) is 4.28. The van der Waals surface area contributed by atoms with E-state index in [-0.39, 0.29) is 10.9 Å². The maximum atomic E-state index is 14.0. The molecule has 1 aromatic carbocycles. The molecule has 1 aliphatic rings. The van der Waals surface area contributed by atoms with Gasteiger partial charge in [-0.3, -0.25) is 0 Å². The summed E-state index contributed by atoms with van der Waals surface area (Å²) in [5.74, 6) is -0.438. The highest BCUT2D eigenvalue weighted by Crippen LogP contribution is 2.45. The Balaban J connectivity index is 2.52. The van der Waals surface area contributed by atoms with Gasteiger partial charge in [0, 0.05) is 10.0 Å². The quantitative estimate of drug-likeness (QED) is 0.769. The fourth-order valence-electron chi connectivity index (χ4n) is 2.42. The van der Waals surface area contributed by atoms with E-state index in [0.29, 0.717) is 16.5 Å². The van der Waals surface area contributed by atoms with Crippen LogP contribution in [0.1, 0.15) is 31.7 Å². The molecule has 0 bridgehead atoms. The number of rotatable bonds is 1. The summed E-state index contributed by atoms with van der Waals surface area (Å²) in [5, 5.41) is 10.6. The van der Waals surface area contributed by atoms with E-state index in [4.69, 9.17) is 11.6 Å². The molecule has 0 spiro atoms. The number of hydrogen-bond acceptors (Lipinski definition) is 1. The molecular weight excluding hydrogens is 294 g/mol. The zero-order chi connectivity index (χ0) is 11.9. The Kier molecular flexibility index (Phi) is 3.30. The van der Waals surface area contributed by atoms with E-state index in [1.807, 2.05) is 6.92 Å². The Hall–Kier alpha value is -0.120. The van der Waals surface area contributed by atoms with E-state index in [1.54, 1.807) is 12.1 Å². The molecule has 4 heteroatoms. The second-order valence-corrected chi connectivity index (χ2v) is 5.67. The fourth-order valence-corrected chi connectivity index (χ4v) is 2.89. The molecule has 0 aliphatic heterocycles. The largest absolute Gasteiger partial charge is 0.385 e. The van der Waals surface area contributed by atoms with Gasteiger partial charge in [0.05, 0.1) is 10.6 Å². The van der Waals surface area contributed by atoms with Crippen molar-refractivity contribution < 1.29 is 9.50 Å². The molecular formula is C12H13BrClFO. The standard InChI is InChI=1S/C12H13BrClFO/c1-7-3-2-6-12(7,16)8-4-5-9(13)10(14)11(8)15/h4-5,7,16H,2-3,6H2,1H3. The van der Waals surface area contributed by atoms with Crippen LogP contribution in [0.2, 0.25) is 5.02 Å². The smallest absolute Gasteiger partial charge is 0.149 e. The minimum atomic E-state index is -1.06. The zero-order valence-electron chi connectivity index (χ0n) is 8.93. The van der Waals surface area contributed by atoms with Crippen LogP contribution in [-0.4, -0.2) is 5.11 Å². The first-order chi connectivity index (χ1) is 7.47. The molecule has 2 rings (SSSR count). The van der Waals surface area contributed by atoms with Gasteiger partial charge in [0.15, 0.2) is 0 Å². The average molecular weight is 308 g/mol. The molecule has 2 unspecified atom stereocenters. The number of aliphatic hydroxyl groups is 1. The Morgan fingerprint density at radius 1 is 1.56 bits per heavy atom. The van der Waals surface area contributed by atoms with Crippen molar-refractivity contribution in [3.05, 3.63) is 33.0 Å². The van der Waals surface area contributed by atoms with Crippen LogP contribution in [0.5, 0.6) is 0 Å². The summed E-state index contributed by atoms with van der Waals surface area (Å²) in [6.07, 6.45) is 2.44. The van der Waals surface area contributed by atoms with Gasteiger partial charge < -0.3 is 5.11 Å². The van der Waals surface area contributed by atoms with Gasteiger partial charge in [-0.05, 0) is 47.2 Å². The van der Waals surface area contributed by atoms with E-state index in [0.717, 1.165) is 12.8 Å². The summed E-state index contributed by atoms with van der Waals surface area (Å²) in [6, 6.07) is 3.30. The number of halogens is 3. The van der Waals surface area contributed by atoms with Crippen molar-refractivity contribution >= 4 is 27.5 Å². The van der Waals surface area contributed by atoms with Crippen LogP contribution in [0.4, 0.5) is 4.39 Å². The van der Waals surface area contributed by atoms with Crippen molar-refractivity contribution in [2.45, 2.75) is 31.8 Å². The lowest BCUT2D eigenvalue weighted by molar-refractivity contribution is 0.00120. The van der Waals surface area contributed by atoms with Gasteiger partial charge in [-0.2, -0.15) is 0 Å². The van der Waals surface area contributed by atoms with Gasteiger partial charge in [0.1, 0.15) is 5.82 Å². The summed E-state index contributed by atoms with van der Waals surface area (Å²) in [7, 11) is 0. The third-order valence-corrected chi connectivity index (χ3v) is 4.77. The summed E-state index contributed by atoms with van der Waals surface area (Å²) < 4.78 is 14.5. The van der Waals surface area contributed by atoms with Crippen LogP contribution in [-0.2, 0) is 5.60 Å². The summed E-state index contributed by atoms with van der Waals surface area (Å²) in [6.45, 7) is 1.95. The predicted molar refractivity (Wildman–Crippen MR) is 66.0 cm³/mol. The maximum absolute atomic E-state index is 14.0. The first-order valence-corrected chi connectivity index (χ1v) is 6.50. The minimum absolute atomic E-state index is 0.0463. The lowest BCUT2D eigenvalue weighted by atomic mass is 9.85. The first-order valence-electron chi connectivity index (χ1n) is 5.33. The Morgan fingerprint density at radius 3 is 2.81 bits per heavy atom. The zero-order valence-corrected chi connectivity index (χ0v) is 11.3. The molecule has 0 saturated heterocycles. The highest BCUT2D eigenvalue weighted by atomic mass is 79.9.